The minimum absolute atomic E-state index is 0.0178. The fraction of sp³-hybridized carbons (Fsp3) is 0.250. The first-order valence-electron chi connectivity index (χ1n) is 12.7. The predicted molar refractivity (Wildman–Crippen MR) is 142 cm³/mol. The highest BCUT2D eigenvalue weighted by atomic mass is 16.5. The Morgan fingerprint density at radius 2 is 1.90 bits per heavy atom. The van der Waals surface area contributed by atoms with Crippen molar-refractivity contribution in [3.8, 4) is 22.9 Å². The van der Waals surface area contributed by atoms with Gasteiger partial charge in [0.15, 0.2) is 17.1 Å². The zero-order chi connectivity index (χ0) is 26.7. The summed E-state index contributed by atoms with van der Waals surface area (Å²) in [5.41, 5.74) is 2.14. The number of methoxy groups -OCH3 is 1. The number of nitrogens with one attached hydrogen (secondary N) is 2. The van der Waals surface area contributed by atoms with E-state index in [2.05, 4.69) is 30.2 Å². The number of aromatic hydroxyl groups is 1. The van der Waals surface area contributed by atoms with E-state index in [1.807, 2.05) is 24.5 Å². The predicted octanol–water partition coefficient (Wildman–Crippen LogP) is 3.31. The Morgan fingerprint density at radius 1 is 1.08 bits per heavy atom. The van der Waals surface area contributed by atoms with Crippen LogP contribution in [0, 0.1) is 5.92 Å². The van der Waals surface area contributed by atoms with Crippen LogP contribution in [-0.4, -0.2) is 48.2 Å². The number of nitrogens with zero attached hydrogens (tertiary/aromatic N) is 5. The van der Waals surface area contributed by atoms with Gasteiger partial charge in [-0.1, -0.05) is 24.3 Å². The Hall–Kier alpha value is -4.93. The zero-order valence-electron chi connectivity index (χ0n) is 21.1. The number of benzene rings is 2. The molecule has 1 aliphatic heterocycles. The Morgan fingerprint density at radius 3 is 2.62 bits per heavy atom. The smallest absolute Gasteiger partial charge is 0.322 e. The maximum Gasteiger partial charge on any atom is 0.322 e. The molecule has 4 heterocycles. The van der Waals surface area contributed by atoms with Crippen LogP contribution in [0.25, 0.3) is 33.2 Å². The molecule has 11 heteroatoms. The number of carbonyl (C=O) groups is 2. The van der Waals surface area contributed by atoms with Gasteiger partial charge in [-0.3, -0.25) is 10.1 Å². The van der Waals surface area contributed by atoms with Crippen molar-refractivity contribution in [3.63, 3.8) is 0 Å². The fourth-order valence-corrected chi connectivity index (χ4v) is 5.34. The maximum absolute atomic E-state index is 13.2. The lowest BCUT2D eigenvalue weighted by Crippen LogP contribution is -2.47. The molecule has 0 spiro atoms. The number of amides is 3. The van der Waals surface area contributed by atoms with E-state index in [1.165, 1.54) is 19.2 Å². The number of hydrogen-bond donors (Lipinski definition) is 3. The van der Waals surface area contributed by atoms with Crippen LogP contribution < -0.4 is 15.4 Å². The normalized spacial score (nSPS) is 19.0. The van der Waals surface area contributed by atoms with Gasteiger partial charge in [0.2, 0.25) is 0 Å². The van der Waals surface area contributed by atoms with E-state index < -0.39 is 17.5 Å². The quantitative estimate of drug-likeness (QED) is 0.279. The molecule has 196 valence electrons. The number of imide groups is 1. The number of aromatic nitrogens is 5. The van der Waals surface area contributed by atoms with Crippen LogP contribution in [0.1, 0.15) is 18.4 Å². The largest absolute Gasteiger partial charge is 0.497 e. The van der Waals surface area contributed by atoms with Crippen molar-refractivity contribution >= 4 is 33.9 Å². The number of imidazole rings is 1. The van der Waals surface area contributed by atoms with Gasteiger partial charge in [-0.25, -0.2) is 19.7 Å². The van der Waals surface area contributed by atoms with Gasteiger partial charge in [-0.2, -0.15) is 0 Å². The van der Waals surface area contributed by atoms with Crippen molar-refractivity contribution in [1.29, 1.82) is 0 Å². The summed E-state index contributed by atoms with van der Waals surface area (Å²) >= 11 is 0. The average Bonchev–Trinajstić information content (AvgIpc) is 3.50. The molecule has 1 aliphatic carbocycles. The topological polar surface area (TPSA) is 136 Å². The van der Waals surface area contributed by atoms with E-state index in [1.54, 1.807) is 42.1 Å². The minimum Gasteiger partial charge on any atom is -0.497 e. The molecule has 0 unspecified atom stereocenters. The van der Waals surface area contributed by atoms with Crippen LogP contribution in [-0.2, 0) is 23.4 Å². The molecule has 2 fully saturated rings. The molecule has 39 heavy (non-hydrogen) atoms. The van der Waals surface area contributed by atoms with Crippen LogP contribution in [0.15, 0.2) is 61.3 Å². The summed E-state index contributed by atoms with van der Waals surface area (Å²) in [5.74, 6) is 0.754. The Kier molecular flexibility index (Phi) is 5.09. The van der Waals surface area contributed by atoms with Gasteiger partial charge in [0, 0.05) is 29.1 Å². The van der Waals surface area contributed by atoms with E-state index in [0.29, 0.717) is 33.8 Å². The van der Waals surface area contributed by atoms with Gasteiger partial charge in [0.05, 0.1) is 20.0 Å². The van der Waals surface area contributed by atoms with Crippen molar-refractivity contribution in [2.45, 2.75) is 31.5 Å². The molecule has 0 radical (unpaired) electrons. The highest BCUT2D eigenvalue weighted by Gasteiger charge is 2.48. The van der Waals surface area contributed by atoms with Crippen LogP contribution in [0.4, 0.5) is 4.79 Å². The SMILES string of the molecule is COc1ccc2cn(C[C@@]3(c4ccc(-c5ncnc6c5ncn6CC5CC5)cc4)NC(=O)NC3=O)c(O)c2c1. The van der Waals surface area contributed by atoms with E-state index in [-0.39, 0.29) is 12.4 Å². The Bertz CT molecular complexity index is 1770. The fourth-order valence-electron chi connectivity index (χ4n) is 5.34. The number of ether oxygens (including phenoxy) is 1. The second kappa shape index (κ2) is 8.55. The van der Waals surface area contributed by atoms with Crippen molar-refractivity contribution in [2.24, 2.45) is 5.92 Å². The number of carbonyl (C=O) groups excluding carboxylic acids is 2. The third-order valence-electron chi connectivity index (χ3n) is 7.62. The molecule has 5 aromatic rings. The van der Waals surface area contributed by atoms with E-state index in [0.717, 1.165) is 23.1 Å². The van der Waals surface area contributed by atoms with Gasteiger partial charge in [0.1, 0.15) is 23.3 Å². The summed E-state index contributed by atoms with van der Waals surface area (Å²) in [6.45, 7) is 0.882. The summed E-state index contributed by atoms with van der Waals surface area (Å²) < 4.78 is 8.91. The van der Waals surface area contributed by atoms with E-state index in [9.17, 15) is 14.7 Å². The maximum atomic E-state index is 13.2. The summed E-state index contributed by atoms with van der Waals surface area (Å²) in [4.78, 5) is 39.1. The van der Waals surface area contributed by atoms with Gasteiger partial charge in [-0.05, 0) is 42.5 Å². The van der Waals surface area contributed by atoms with Crippen molar-refractivity contribution in [1.82, 2.24) is 34.7 Å². The van der Waals surface area contributed by atoms with Crippen molar-refractivity contribution in [2.75, 3.05) is 7.11 Å². The Balaban J connectivity index is 1.26. The number of hydrogen-bond acceptors (Lipinski definition) is 7. The molecule has 3 amide bonds. The molecule has 11 nitrogen and oxygen atoms in total. The second-order valence-electron chi connectivity index (χ2n) is 10.2. The molecule has 2 aromatic carbocycles. The third kappa shape index (κ3) is 3.77. The third-order valence-corrected chi connectivity index (χ3v) is 7.62. The number of urea groups is 1. The van der Waals surface area contributed by atoms with E-state index >= 15 is 0 Å². The van der Waals surface area contributed by atoms with Crippen LogP contribution in [0.2, 0.25) is 0 Å². The monoisotopic (exact) mass is 523 g/mol. The van der Waals surface area contributed by atoms with Gasteiger partial charge >= 0.3 is 6.03 Å². The average molecular weight is 524 g/mol. The molecule has 1 saturated carbocycles. The first-order valence-corrected chi connectivity index (χ1v) is 12.7. The van der Waals surface area contributed by atoms with Crippen LogP contribution in [0.5, 0.6) is 11.6 Å². The molecule has 2 aliphatic rings. The molecule has 7 rings (SSSR count). The molecule has 3 aromatic heterocycles. The number of fused-ring (bicyclic) bond motifs is 2. The van der Waals surface area contributed by atoms with Gasteiger partial charge in [-0.15, -0.1) is 0 Å². The molecule has 1 atom stereocenters. The first kappa shape index (κ1) is 23.2. The second-order valence-corrected chi connectivity index (χ2v) is 10.2. The first-order chi connectivity index (χ1) is 18.9. The Labute approximate surface area is 222 Å². The molecule has 1 saturated heterocycles. The summed E-state index contributed by atoms with van der Waals surface area (Å²) in [6.07, 6.45) is 7.56. The van der Waals surface area contributed by atoms with Crippen molar-refractivity contribution in [3.05, 3.63) is 66.9 Å². The standard InChI is InChI=1S/C28H25N7O4/c1-39-20-9-6-18-12-34(25(36)21(18)10-20)13-28(26(37)32-27(38)33-28)19-7-4-17(5-8-19)22-23-24(30-14-29-22)35(15-31-23)11-16-2-3-16/h4-10,12,14-16,36H,2-3,11,13H2,1H3,(H2,32,33,37,38)/t28-/m0/s1. The molecule has 0 bridgehead atoms. The van der Waals surface area contributed by atoms with Crippen LogP contribution >= 0.6 is 0 Å². The summed E-state index contributed by atoms with van der Waals surface area (Å²) in [7, 11) is 1.55. The lowest BCUT2D eigenvalue weighted by molar-refractivity contribution is -0.124. The molecular weight excluding hydrogens is 498 g/mol. The lowest BCUT2D eigenvalue weighted by Gasteiger charge is -2.27. The zero-order valence-corrected chi connectivity index (χ0v) is 21.1. The van der Waals surface area contributed by atoms with Gasteiger partial charge in [0.25, 0.3) is 5.91 Å². The van der Waals surface area contributed by atoms with Crippen molar-refractivity contribution < 1.29 is 19.4 Å². The lowest BCUT2D eigenvalue weighted by atomic mass is 9.88. The minimum atomic E-state index is -1.43. The van der Waals surface area contributed by atoms with Crippen LogP contribution in [0.3, 0.4) is 0 Å². The molecule has 3 N–H and O–H groups in total. The number of rotatable bonds is 7. The highest BCUT2D eigenvalue weighted by molar-refractivity contribution is 6.07. The summed E-state index contributed by atoms with van der Waals surface area (Å²) in [5, 5.41) is 17.5. The molecular formula is C28H25N7O4. The van der Waals surface area contributed by atoms with E-state index in [4.69, 9.17) is 4.74 Å². The highest BCUT2D eigenvalue weighted by Crippen LogP contribution is 2.36. The summed E-state index contributed by atoms with van der Waals surface area (Å²) in [6, 6.07) is 12.0. The van der Waals surface area contributed by atoms with Gasteiger partial charge < -0.3 is 24.3 Å².